The summed E-state index contributed by atoms with van der Waals surface area (Å²) in [7, 11) is -3.59. The number of aromatic nitrogens is 3. The van der Waals surface area contributed by atoms with Gasteiger partial charge in [0.25, 0.3) is 0 Å². The van der Waals surface area contributed by atoms with Gasteiger partial charge in [-0.05, 0) is 24.3 Å². The van der Waals surface area contributed by atoms with Crippen molar-refractivity contribution in [2.45, 2.75) is 4.90 Å². The Bertz CT molecular complexity index is 981. The first-order valence-electron chi connectivity index (χ1n) is 8.03. The standard InChI is InChI=1S/C17H17N5O2S/c23-25(24,15-6-1-4-14-5-2-8-18-17(14)15)22-12-10-21(11-13-22)16-7-3-9-19-20-16/h1-9H,10-13H2. The van der Waals surface area contributed by atoms with E-state index in [0.717, 1.165) is 11.2 Å². The molecule has 0 spiro atoms. The van der Waals surface area contributed by atoms with Gasteiger partial charge in [0.2, 0.25) is 10.0 Å². The summed E-state index contributed by atoms with van der Waals surface area (Å²) in [6.45, 7) is 1.97. The number of piperazine rings is 1. The zero-order chi connectivity index (χ0) is 17.3. The summed E-state index contributed by atoms with van der Waals surface area (Å²) in [4.78, 5) is 6.57. The second-order valence-electron chi connectivity index (χ2n) is 5.80. The molecule has 0 N–H and O–H groups in total. The quantitative estimate of drug-likeness (QED) is 0.709. The molecule has 1 fully saturated rings. The molecule has 1 aromatic carbocycles. The Morgan fingerprint density at radius 1 is 0.880 bits per heavy atom. The molecular formula is C17H17N5O2S. The molecule has 2 aromatic heterocycles. The molecule has 1 aliphatic heterocycles. The Labute approximate surface area is 146 Å². The number of anilines is 1. The second kappa shape index (κ2) is 6.38. The van der Waals surface area contributed by atoms with Crippen LogP contribution >= 0.6 is 0 Å². The van der Waals surface area contributed by atoms with Gasteiger partial charge < -0.3 is 4.90 Å². The lowest BCUT2D eigenvalue weighted by atomic mass is 10.2. The number of para-hydroxylation sites is 1. The predicted molar refractivity (Wildman–Crippen MR) is 94.7 cm³/mol. The minimum Gasteiger partial charge on any atom is -0.352 e. The number of fused-ring (bicyclic) bond motifs is 1. The van der Waals surface area contributed by atoms with Gasteiger partial charge in [0.1, 0.15) is 4.90 Å². The van der Waals surface area contributed by atoms with Crippen LogP contribution in [0, 0.1) is 0 Å². The zero-order valence-electron chi connectivity index (χ0n) is 13.5. The minimum atomic E-state index is -3.59. The molecule has 3 aromatic rings. The smallest absolute Gasteiger partial charge is 0.245 e. The molecule has 0 saturated carbocycles. The van der Waals surface area contributed by atoms with Crippen LogP contribution in [0.2, 0.25) is 0 Å². The zero-order valence-corrected chi connectivity index (χ0v) is 14.3. The Balaban J connectivity index is 1.60. The van der Waals surface area contributed by atoms with Crippen molar-refractivity contribution in [3.8, 4) is 0 Å². The number of nitrogens with zero attached hydrogens (tertiary/aromatic N) is 5. The third kappa shape index (κ3) is 2.94. The highest BCUT2D eigenvalue weighted by molar-refractivity contribution is 7.89. The Morgan fingerprint density at radius 2 is 1.64 bits per heavy atom. The van der Waals surface area contributed by atoms with Crippen LogP contribution < -0.4 is 4.90 Å². The molecule has 7 nitrogen and oxygen atoms in total. The number of hydrogen-bond acceptors (Lipinski definition) is 6. The summed E-state index contributed by atoms with van der Waals surface area (Å²) in [6, 6.07) is 12.6. The molecule has 0 bridgehead atoms. The molecule has 128 valence electrons. The van der Waals surface area contributed by atoms with E-state index in [1.54, 1.807) is 30.6 Å². The Morgan fingerprint density at radius 3 is 2.40 bits per heavy atom. The number of sulfonamides is 1. The fourth-order valence-electron chi connectivity index (χ4n) is 3.04. The lowest BCUT2D eigenvalue weighted by Crippen LogP contribution is -2.49. The van der Waals surface area contributed by atoms with Gasteiger partial charge in [-0.1, -0.05) is 18.2 Å². The van der Waals surface area contributed by atoms with Gasteiger partial charge in [0, 0.05) is 44.0 Å². The molecule has 1 aliphatic rings. The van der Waals surface area contributed by atoms with Gasteiger partial charge in [-0.3, -0.25) is 4.98 Å². The van der Waals surface area contributed by atoms with Crippen LogP contribution in [0.15, 0.2) is 59.8 Å². The van der Waals surface area contributed by atoms with Crippen molar-refractivity contribution in [3.05, 3.63) is 54.9 Å². The average molecular weight is 355 g/mol. The molecule has 8 heteroatoms. The molecule has 0 radical (unpaired) electrons. The highest BCUT2D eigenvalue weighted by Gasteiger charge is 2.30. The molecular weight excluding hydrogens is 338 g/mol. The van der Waals surface area contributed by atoms with Crippen LogP contribution in [-0.2, 0) is 10.0 Å². The maximum Gasteiger partial charge on any atom is 0.245 e. The van der Waals surface area contributed by atoms with E-state index in [0.29, 0.717) is 31.7 Å². The average Bonchev–Trinajstić information content (AvgIpc) is 2.68. The van der Waals surface area contributed by atoms with E-state index in [1.165, 1.54) is 4.31 Å². The molecule has 1 saturated heterocycles. The Kier molecular flexibility index (Phi) is 4.06. The van der Waals surface area contributed by atoms with E-state index in [9.17, 15) is 8.42 Å². The fourth-order valence-corrected chi connectivity index (χ4v) is 4.63. The lowest BCUT2D eigenvalue weighted by Gasteiger charge is -2.34. The van der Waals surface area contributed by atoms with Crippen LogP contribution in [0.4, 0.5) is 5.82 Å². The van der Waals surface area contributed by atoms with E-state index in [2.05, 4.69) is 15.2 Å². The first-order valence-corrected chi connectivity index (χ1v) is 9.47. The monoisotopic (exact) mass is 355 g/mol. The third-order valence-corrected chi connectivity index (χ3v) is 6.26. The minimum absolute atomic E-state index is 0.263. The van der Waals surface area contributed by atoms with Crippen molar-refractivity contribution in [2.75, 3.05) is 31.1 Å². The van der Waals surface area contributed by atoms with Crippen LogP contribution in [0.25, 0.3) is 10.9 Å². The summed E-state index contributed by atoms with van der Waals surface area (Å²) in [5, 5.41) is 8.79. The molecule has 0 unspecified atom stereocenters. The number of benzene rings is 1. The van der Waals surface area contributed by atoms with Gasteiger partial charge in [0.05, 0.1) is 5.52 Å². The Hall–Kier alpha value is -2.58. The number of hydrogen-bond donors (Lipinski definition) is 0. The van der Waals surface area contributed by atoms with Crippen LogP contribution in [0.1, 0.15) is 0 Å². The maximum atomic E-state index is 13.1. The SMILES string of the molecule is O=S(=O)(c1cccc2cccnc12)N1CCN(c2cccnn2)CC1. The second-order valence-corrected chi connectivity index (χ2v) is 7.71. The predicted octanol–water partition coefficient (Wildman–Crippen LogP) is 1.54. The lowest BCUT2D eigenvalue weighted by molar-refractivity contribution is 0.384. The normalized spacial score (nSPS) is 16.2. The third-order valence-electron chi connectivity index (χ3n) is 4.33. The van der Waals surface area contributed by atoms with Gasteiger partial charge in [-0.15, -0.1) is 5.10 Å². The molecule has 25 heavy (non-hydrogen) atoms. The highest BCUT2D eigenvalue weighted by Crippen LogP contribution is 2.25. The van der Waals surface area contributed by atoms with Crippen LogP contribution in [0.5, 0.6) is 0 Å². The van der Waals surface area contributed by atoms with Gasteiger partial charge in [0.15, 0.2) is 5.82 Å². The largest absolute Gasteiger partial charge is 0.352 e. The van der Waals surface area contributed by atoms with Crippen LogP contribution in [0.3, 0.4) is 0 Å². The van der Waals surface area contributed by atoms with Gasteiger partial charge in [-0.2, -0.15) is 9.40 Å². The van der Waals surface area contributed by atoms with Crippen molar-refractivity contribution in [2.24, 2.45) is 0 Å². The van der Waals surface area contributed by atoms with E-state index < -0.39 is 10.0 Å². The van der Waals surface area contributed by atoms with Crippen molar-refractivity contribution >= 4 is 26.7 Å². The summed E-state index contributed by atoms with van der Waals surface area (Å²) in [5.74, 6) is 0.770. The van der Waals surface area contributed by atoms with E-state index >= 15 is 0 Å². The van der Waals surface area contributed by atoms with Crippen LogP contribution in [-0.4, -0.2) is 54.1 Å². The maximum absolute atomic E-state index is 13.1. The van der Waals surface area contributed by atoms with Crippen molar-refractivity contribution in [1.29, 1.82) is 0 Å². The highest BCUT2D eigenvalue weighted by atomic mass is 32.2. The molecule has 0 amide bonds. The summed E-state index contributed by atoms with van der Waals surface area (Å²) in [5.41, 5.74) is 0.515. The van der Waals surface area contributed by atoms with Gasteiger partial charge >= 0.3 is 0 Å². The van der Waals surface area contributed by atoms with Crippen molar-refractivity contribution < 1.29 is 8.42 Å². The molecule has 4 rings (SSSR count). The molecule has 0 aliphatic carbocycles. The van der Waals surface area contributed by atoms with Gasteiger partial charge in [-0.25, -0.2) is 8.42 Å². The summed E-state index contributed by atoms with van der Waals surface area (Å²) < 4.78 is 27.7. The molecule has 0 atom stereocenters. The van der Waals surface area contributed by atoms with Crippen molar-refractivity contribution in [1.82, 2.24) is 19.5 Å². The number of pyridine rings is 1. The number of rotatable bonds is 3. The first kappa shape index (κ1) is 15.9. The summed E-state index contributed by atoms with van der Waals surface area (Å²) >= 11 is 0. The first-order chi connectivity index (χ1) is 12.2. The summed E-state index contributed by atoms with van der Waals surface area (Å²) in [6.07, 6.45) is 3.24. The molecule has 3 heterocycles. The van der Waals surface area contributed by atoms with E-state index in [1.807, 2.05) is 29.2 Å². The topological polar surface area (TPSA) is 79.3 Å². The van der Waals surface area contributed by atoms with E-state index in [4.69, 9.17) is 0 Å². The van der Waals surface area contributed by atoms with E-state index in [-0.39, 0.29) is 4.90 Å². The van der Waals surface area contributed by atoms with Crippen molar-refractivity contribution in [3.63, 3.8) is 0 Å². The fraction of sp³-hybridized carbons (Fsp3) is 0.235.